The van der Waals surface area contributed by atoms with E-state index in [1.165, 1.54) is 5.56 Å². The average Bonchev–Trinajstić information content (AvgIpc) is 3.16. The van der Waals surface area contributed by atoms with Crippen LogP contribution in [-0.4, -0.2) is 36.3 Å². The first-order valence-corrected chi connectivity index (χ1v) is 8.02. The zero-order chi connectivity index (χ0) is 17.8. The minimum absolute atomic E-state index is 0.544. The monoisotopic (exact) mass is 339 g/mol. The molecule has 3 rings (SSSR count). The van der Waals surface area contributed by atoms with Crippen LogP contribution < -0.4 is 14.2 Å². The molecular weight excluding hydrogens is 318 g/mol. The lowest BCUT2D eigenvalue weighted by molar-refractivity contribution is 0.324. The maximum Gasteiger partial charge on any atom is 0.203 e. The van der Waals surface area contributed by atoms with E-state index >= 15 is 0 Å². The zero-order valence-corrected chi connectivity index (χ0v) is 14.8. The molecule has 6 nitrogen and oxygen atoms in total. The van der Waals surface area contributed by atoms with Gasteiger partial charge < -0.3 is 14.2 Å². The first kappa shape index (κ1) is 16.8. The van der Waals surface area contributed by atoms with Gasteiger partial charge in [-0.15, -0.1) is 5.10 Å². The van der Waals surface area contributed by atoms with E-state index in [4.69, 9.17) is 14.2 Å². The number of methoxy groups -OCH3 is 3. The molecule has 0 bridgehead atoms. The minimum Gasteiger partial charge on any atom is -0.493 e. The zero-order valence-electron chi connectivity index (χ0n) is 14.8. The lowest BCUT2D eigenvalue weighted by Gasteiger charge is -2.15. The SMILES string of the molecule is CCc1ccc(-c2cnnn2-c2cc(OC)c(OC)c(OC)c2)cc1. The molecular formula is C19H21N3O3. The molecule has 130 valence electrons. The van der Waals surface area contributed by atoms with E-state index in [0.29, 0.717) is 17.2 Å². The Labute approximate surface area is 147 Å². The molecule has 0 radical (unpaired) electrons. The molecule has 1 heterocycles. The summed E-state index contributed by atoms with van der Waals surface area (Å²) >= 11 is 0. The van der Waals surface area contributed by atoms with Crippen molar-refractivity contribution in [2.75, 3.05) is 21.3 Å². The van der Waals surface area contributed by atoms with Gasteiger partial charge >= 0.3 is 0 Å². The Kier molecular flexibility index (Phi) is 4.88. The highest BCUT2D eigenvalue weighted by molar-refractivity contribution is 5.64. The molecule has 0 aliphatic carbocycles. The Hall–Kier alpha value is -3.02. The summed E-state index contributed by atoms with van der Waals surface area (Å²) in [4.78, 5) is 0. The first-order valence-electron chi connectivity index (χ1n) is 8.02. The standard InChI is InChI=1S/C19H21N3O3/c1-5-13-6-8-14(9-7-13)16-12-20-21-22(16)15-10-17(23-2)19(25-4)18(11-15)24-3/h6-12H,5H2,1-4H3. The summed E-state index contributed by atoms with van der Waals surface area (Å²) in [5.41, 5.74) is 3.99. The van der Waals surface area contributed by atoms with Gasteiger partial charge in [-0.25, -0.2) is 4.68 Å². The molecule has 0 fully saturated rings. The van der Waals surface area contributed by atoms with Gasteiger partial charge in [0.15, 0.2) is 11.5 Å². The van der Waals surface area contributed by atoms with Crippen molar-refractivity contribution in [1.82, 2.24) is 15.0 Å². The van der Waals surface area contributed by atoms with Crippen LogP contribution in [0.1, 0.15) is 12.5 Å². The van der Waals surface area contributed by atoms with Gasteiger partial charge in [0.05, 0.1) is 38.9 Å². The second-order valence-corrected chi connectivity index (χ2v) is 5.47. The molecule has 0 unspecified atom stereocenters. The van der Waals surface area contributed by atoms with Gasteiger partial charge in [-0.05, 0) is 12.0 Å². The number of hydrogen-bond acceptors (Lipinski definition) is 5. The Bertz CT molecular complexity index is 832. The van der Waals surface area contributed by atoms with Gasteiger partial charge in [-0.2, -0.15) is 0 Å². The summed E-state index contributed by atoms with van der Waals surface area (Å²) in [5, 5.41) is 8.30. The van der Waals surface area contributed by atoms with Crippen molar-refractivity contribution < 1.29 is 14.2 Å². The second kappa shape index (κ2) is 7.25. The molecule has 0 aliphatic heterocycles. The van der Waals surface area contributed by atoms with Crippen LogP contribution in [0, 0.1) is 0 Å². The summed E-state index contributed by atoms with van der Waals surface area (Å²) < 4.78 is 18.0. The number of benzene rings is 2. The third-order valence-electron chi connectivity index (χ3n) is 4.10. The normalized spacial score (nSPS) is 10.6. The topological polar surface area (TPSA) is 58.4 Å². The molecule has 0 N–H and O–H groups in total. The molecule has 2 aromatic carbocycles. The highest BCUT2D eigenvalue weighted by Crippen LogP contribution is 2.39. The summed E-state index contributed by atoms with van der Waals surface area (Å²) in [6.45, 7) is 2.14. The number of aromatic nitrogens is 3. The molecule has 0 spiro atoms. The molecule has 0 atom stereocenters. The predicted octanol–water partition coefficient (Wildman–Crippen LogP) is 3.52. The summed E-state index contributed by atoms with van der Waals surface area (Å²) in [6.07, 6.45) is 2.74. The average molecular weight is 339 g/mol. The fourth-order valence-electron chi connectivity index (χ4n) is 2.72. The van der Waals surface area contributed by atoms with Crippen LogP contribution in [0.15, 0.2) is 42.6 Å². The van der Waals surface area contributed by atoms with Gasteiger partial charge in [-0.1, -0.05) is 36.4 Å². The van der Waals surface area contributed by atoms with Crippen LogP contribution in [0.3, 0.4) is 0 Å². The van der Waals surface area contributed by atoms with Crippen molar-refractivity contribution in [3.63, 3.8) is 0 Å². The Morgan fingerprint density at radius 3 is 2.08 bits per heavy atom. The lowest BCUT2D eigenvalue weighted by Crippen LogP contribution is -2.02. The minimum atomic E-state index is 0.544. The third-order valence-corrected chi connectivity index (χ3v) is 4.10. The van der Waals surface area contributed by atoms with E-state index in [2.05, 4.69) is 41.5 Å². The molecule has 1 aromatic heterocycles. The summed E-state index contributed by atoms with van der Waals surface area (Å²) in [5.74, 6) is 1.68. The van der Waals surface area contributed by atoms with Gasteiger partial charge in [0, 0.05) is 17.7 Å². The van der Waals surface area contributed by atoms with Crippen LogP contribution in [-0.2, 0) is 6.42 Å². The number of aryl methyl sites for hydroxylation is 1. The highest BCUT2D eigenvalue weighted by Gasteiger charge is 2.17. The number of hydrogen-bond donors (Lipinski definition) is 0. The Balaban J connectivity index is 2.10. The fraction of sp³-hybridized carbons (Fsp3) is 0.263. The Morgan fingerprint density at radius 2 is 1.56 bits per heavy atom. The highest BCUT2D eigenvalue weighted by atomic mass is 16.5. The van der Waals surface area contributed by atoms with E-state index in [9.17, 15) is 0 Å². The van der Waals surface area contributed by atoms with E-state index in [1.54, 1.807) is 32.2 Å². The van der Waals surface area contributed by atoms with Gasteiger partial charge in [0.1, 0.15) is 0 Å². The molecule has 6 heteroatoms. The van der Waals surface area contributed by atoms with E-state index in [1.807, 2.05) is 12.1 Å². The predicted molar refractivity (Wildman–Crippen MR) is 95.8 cm³/mol. The van der Waals surface area contributed by atoms with Crippen molar-refractivity contribution in [1.29, 1.82) is 0 Å². The van der Waals surface area contributed by atoms with Gasteiger partial charge in [0.25, 0.3) is 0 Å². The molecule has 25 heavy (non-hydrogen) atoms. The van der Waals surface area contributed by atoms with E-state index in [0.717, 1.165) is 23.4 Å². The third kappa shape index (κ3) is 3.15. The maximum absolute atomic E-state index is 5.43. The number of ether oxygens (including phenoxy) is 3. The fourth-order valence-corrected chi connectivity index (χ4v) is 2.72. The van der Waals surface area contributed by atoms with Gasteiger partial charge in [0.2, 0.25) is 5.75 Å². The molecule has 0 saturated carbocycles. The maximum atomic E-state index is 5.43. The van der Waals surface area contributed by atoms with Crippen LogP contribution >= 0.6 is 0 Å². The van der Waals surface area contributed by atoms with Crippen LogP contribution in [0.2, 0.25) is 0 Å². The lowest BCUT2D eigenvalue weighted by atomic mass is 10.1. The van der Waals surface area contributed by atoms with E-state index in [-0.39, 0.29) is 0 Å². The second-order valence-electron chi connectivity index (χ2n) is 5.47. The smallest absolute Gasteiger partial charge is 0.203 e. The van der Waals surface area contributed by atoms with Crippen LogP contribution in [0.25, 0.3) is 16.9 Å². The molecule has 3 aromatic rings. The number of nitrogens with zero attached hydrogens (tertiary/aromatic N) is 3. The van der Waals surface area contributed by atoms with Crippen molar-refractivity contribution in [2.24, 2.45) is 0 Å². The van der Waals surface area contributed by atoms with Crippen molar-refractivity contribution >= 4 is 0 Å². The van der Waals surface area contributed by atoms with Crippen LogP contribution in [0.4, 0.5) is 0 Å². The molecule has 0 amide bonds. The van der Waals surface area contributed by atoms with E-state index < -0.39 is 0 Å². The first-order chi connectivity index (χ1) is 12.2. The van der Waals surface area contributed by atoms with Crippen molar-refractivity contribution in [3.05, 3.63) is 48.2 Å². The van der Waals surface area contributed by atoms with Crippen LogP contribution in [0.5, 0.6) is 17.2 Å². The summed E-state index contributed by atoms with van der Waals surface area (Å²) in [6, 6.07) is 12.1. The largest absolute Gasteiger partial charge is 0.493 e. The number of rotatable bonds is 6. The van der Waals surface area contributed by atoms with Crippen molar-refractivity contribution in [2.45, 2.75) is 13.3 Å². The van der Waals surface area contributed by atoms with Crippen molar-refractivity contribution in [3.8, 4) is 34.2 Å². The van der Waals surface area contributed by atoms with Gasteiger partial charge in [-0.3, -0.25) is 0 Å². The quantitative estimate of drug-likeness (QED) is 0.688. The Morgan fingerprint density at radius 1 is 0.920 bits per heavy atom. The molecule has 0 saturated heterocycles. The summed E-state index contributed by atoms with van der Waals surface area (Å²) in [7, 11) is 4.76. The molecule has 0 aliphatic rings.